The third kappa shape index (κ3) is 6.10. The van der Waals surface area contributed by atoms with Crippen molar-refractivity contribution in [1.82, 2.24) is 14.5 Å². The van der Waals surface area contributed by atoms with E-state index in [0.29, 0.717) is 11.6 Å². The molecule has 0 saturated heterocycles. The molecular weight excluding hydrogens is 338 g/mol. The summed E-state index contributed by atoms with van der Waals surface area (Å²) in [5.74, 6) is -0.322. The molecule has 0 spiro atoms. The molecule has 0 aliphatic heterocycles. The van der Waals surface area contributed by atoms with Crippen LogP contribution in [0.2, 0.25) is 5.02 Å². The zero-order valence-corrected chi connectivity index (χ0v) is 15.3. The highest BCUT2D eigenvalue weighted by Crippen LogP contribution is 2.17. The molecule has 0 aliphatic rings. The van der Waals surface area contributed by atoms with E-state index in [4.69, 9.17) is 11.6 Å². The number of rotatable bonds is 9. The van der Waals surface area contributed by atoms with E-state index in [1.165, 1.54) is 31.3 Å². The van der Waals surface area contributed by atoms with Crippen molar-refractivity contribution in [2.24, 2.45) is 0 Å². The van der Waals surface area contributed by atoms with E-state index >= 15 is 0 Å². The fourth-order valence-electron chi connectivity index (χ4n) is 2.02. The van der Waals surface area contributed by atoms with Crippen molar-refractivity contribution in [2.45, 2.75) is 18.7 Å². The van der Waals surface area contributed by atoms with Crippen LogP contribution in [-0.2, 0) is 14.8 Å². The fourth-order valence-corrected chi connectivity index (χ4v) is 3.28. The molecule has 1 amide bonds. The highest BCUT2D eigenvalue weighted by atomic mass is 35.5. The average molecular weight is 362 g/mol. The van der Waals surface area contributed by atoms with Gasteiger partial charge in [-0.05, 0) is 37.4 Å². The lowest BCUT2D eigenvalue weighted by molar-refractivity contribution is -0.121. The summed E-state index contributed by atoms with van der Waals surface area (Å²) in [7, 11) is -2.32. The van der Waals surface area contributed by atoms with Gasteiger partial charge in [-0.2, -0.15) is 4.31 Å². The van der Waals surface area contributed by atoms with Crippen LogP contribution in [0.3, 0.4) is 0 Å². The summed E-state index contributed by atoms with van der Waals surface area (Å²) in [4.78, 5) is 14.2. The van der Waals surface area contributed by atoms with Gasteiger partial charge in [-0.15, -0.1) is 0 Å². The molecule has 0 aromatic heterocycles. The third-order valence-corrected chi connectivity index (χ3v) is 5.60. The first-order valence-electron chi connectivity index (χ1n) is 7.52. The van der Waals surface area contributed by atoms with Crippen molar-refractivity contribution in [2.75, 3.05) is 39.8 Å². The molecule has 0 heterocycles. The van der Waals surface area contributed by atoms with Crippen LogP contribution in [0.15, 0.2) is 29.2 Å². The smallest absolute Gasteiger partial charge is 0.243 e. The summed E-state index contributed by atoms with van der Waals surface area (Å²) in [5.41, 5.74) is 0. The standard InChI is InChI=1S/C15H24ClN3O3S/c1-4-19(5-2)11-10-17-15(20)12-18(3)23(21,22)14-8-6-13(16)7-9-14/h6-9H,4-5,10-12H2,1-3H3,(H,17,20). The van der Waals surface area contributed by atoms with Crippen molar-refractivity contribution in [1.29, 1.82) is 0 Å². The number of hydrogen-bond donors (Lipinski definition) is 1. The molecular formula is C15H24ClN3O3S. The summed E-state index contributed by atoms with van der Waals surface area (Å²) in [6.45, 7) is 6.95. The molecule has 0 fully saturated rings. The van der Waals surface area contributed by atoms with E-state index in [-0.39, 0.29) is 17.3 Å². The van der Waals surface area contributed by atoms with Crippen molar-refractivity contribution in [3.63, 3.8) is 0 Å². The average Bonchev–Trinajstić information content (AvgIpc) is 2.52. The quantitative estimate of drug-likeness (QED) is 0.722. The van der Waals surface area contributed by atoms with Crippen LogP contribution in [0.1, 0.15) is 13.8 Å². The summed E-state index contributed by atoms with van der Waals surface area (Å²) in [6.07, 6.45) is 0. The maximum absolute atomic E-state index is 12.3. The molecule has 0 atom stereocenters. The molecule has 0 bridgehead atoms. The van der Waals surface area contributed by atoms with Gasteiger partial charge in [-0.25, -0.2) is 8.42 Å². The van der Waals surface area contributed by atoms with E-state index in [1.807, 2.05) is 0 Å². The number of sulfonamides is 1. The minimum Gasteiger partial charge on any atom is -0.354 e. The number of carbonyl (C=O) groups is 1. The SMILES string of the molecule is CCN(CC)CCNC(=O)CN(C)S(=O)(=O)c1ccc(Cl)cc1. The van der Waals surface area contributed by atoms with E-state index in [2.05, 4.69) is 24.1 Å². The highest BCUT2D eigenvalue weighted by Gasteiger charge is 2.22. The van der Waals surface area contributed by atoms with Crippen LogP contribution in [-0.4, -0.2) is 63.3 Å². The van der Waals surface area contributed by atoms with Gasteiger partial charge in [-0.3, -0.25) is 4.79 Å². The van der Waals surface area contributed by atoms with Crippen LogP contribution in [0.25, 0.3) is 0 Å². The number of carbonyl (C=O) groups excluding carboxylic acids is 1. The number of nitrogens with zero attached hydrogens (tertiary/aromatic N) is 2. The molecule has 0 radical (unpaired) electrons. The molecule has 1 N–H and O–H groups in total. The molecule has 1 aromatic carbocycles. The maximum atomic E-state index is 12.3. The minimum atomic E-state index is -3.70. The van der Waals surface area contributed by atoms with E-state index in [9.17, 15) is 13.2 Å². The number of hydrogen-bond acceptors (Lipinski definition) is 4. The molecule has 6 nitrogen and oxygen atoms in total. The Balaban J connectivity index is 2.55. The van der Waals surface area contributed by atoms with Gasteiger partial charge in [0.1, 0.15) is 0 Å². The number of nitrogens with one attached hydrogen (secondary N) is 1. The van der Waals surface area contributed by atoms with E-state index in [0.717, 1.165) is 23.9 Å². The summed E-state index contributed by atoms with van der Waals surface area (Å²) >= 11 is 5.76. The van der Waals surface area contributed by atoms with Gasteiger partial charge in [-0.1, -0.05) is 25.4 Å². The molecule has 8 heteroatoms. The topological polar surface area (TPSA) is 69.7 Å². The van der Waals surface area contributed by atoms with Crippen LogP contribution >= 0.6 is 11.6 Å². The van der Waals surface area contributed by atoms with Crippen molar-refractivity contribution >= 4 is 27.5 Å². The molecule has 1 rings (SSSR count). The van der Waals surface area contributed by atoms with Gasteiger partial charge in [0, 0.05) is 25.2 Å². The lowest BCUT2D eigenvalue weighted by atomic mass is 10.4. The number of halogens is 1. The second-order valence-corrected chi connectivity index (χ2v) is 7.57. The predicted molar refractivity (Wildman–Crippen MR) is 92.1 cm³/mol. The van der Waals surface area contributed by atoms with Crippen LogP contribution in [0.5, 0.6) is 0 Å². The monoisotopic (exact) mass is 361 g/mol. The van der Waals surface area contributed by atoms with E-state index < -0.39 is 10.0 Å². The normalized spacial score (nSPS) is 11.9. The Kier molecular flexibility index (Phi) is 7.98. The third-order valence-electron chi connectivity index (χ3n) is 3.53. The Labute approximate surface area is 143 Å². The molecule has 0 unspecified atom stereocenters. The Morgan fingerprint density at radius 2 is 1.74 bits per heavy atom. The molecule has 0 aliphatic carbocycles. The van der Waals surface area contributed by atoms with Crippen LogP contribution < -0.4 is 5.32 Å². The Morgan fingerprint density at radius 1 is 1.17 bits per heavy atom. The van der Waals surface area contributed by atoms with Crippen LogP contribution in [0.4, 0.5) is 0 Å². The highest BCUT2D eigenvalue weighted by molar-refractivity contribution is 7.89. The van der Waals surface area contributed by atoms with Gasteiger partial charge >= 0.3 is 0 Å². The maximum Gasteiger partial charge on any atom is 0.243 e. The van der Waals surface area contributed by atoms with E-state index in [1.54, 1.807) is 0 Å². The van der Waals surface area contributed by atoms with Gasteiger partial charge in [0.2, 0.25) is 15.9 Å². The Bertz CT molecular complexity index is 601. The molecule has 1 aromatic rings. The van der Waals surface area contributed by atoms with Gasteiger partial charge in [0.05, 0.1) is 11.4 Å². The number of likely N-dealkylation sites (N-methyl/N-ethyl adjacent to an activating group) is 2. The van der Waals surface area contributed by atoms with Gasteiger partial charge in [0.25, 0.3) is 0 Å². The zero-order chi connectivity index (χ0) is 17.5. The zero-order valence-electron chi connectivity index (χ0n) is 13.8. The van der Waals surface area contributed by atoms with Crippen molar-refractivity contribution in [3.05, 3.63) is 29.3 Å². The Morgan fingerprint density at radius 3 is 2.26 bits per heavy atom. The van der Waals surface area contributed by atoms with Crippen molar-refractivity contribution < 1.29 is 13.2 Å². The first-order valence-corrected chi connectivity index (χ1v) is 9.34. The first-order chi connectivity index (χ1) is 10.8. The van der Waals surface area contributed by atoms with Crippen molar-refractivity contribution in [3.8, 4) is 0 Å². The second-order valence-electron chi connectivity index (χ2n) is 5.09. The predicted octanol–water partition coefficient (Wildman–Crippen LogP) is 1.42. The van der Waals surface area contributed by atoms with Gasteiger partial charge in [0.15, 0.2) is 0 Å². The molecule has 130 valence electrons. The number of amides is 1. The summed E-state index contributed by atoms with van der Waals surface area (Å²) in [5, 5.41) is 3.20. The molecule has 23 heavy (non-hydrogen) atoms. The summed E-state index contributed by atoms with van der Waals surface area (Å²) < 4.78 is 25.7. The minimum absolute atomic E-state index is 0.111. The lowest BCUT2D eigenvalue weighted by Gasteiger charge is -2.19. The number of benzene rings is 1. The largest absolute Gasteiger partial charge is 0.354 e. The van der Waals surface area contributed by atoms with Gasteiger partial charge < -0.3 is 10.2 Å². The Hall–Kier alpha value is -1.15. The summed E-state index contributed by atoms with van der Waals surface area (Å²) in [6, 6.07) is 5.86. The molecule has 0 saturated carbocycles. The first kappa shape index (κ1) is 19.9. The lowest BCUT2D eigenvalue weighted by Crippen LogP contribution is -2.41. The van der Waals surface area contributed by atoms with Crippen LogP contribution in [0, 0.1) is 0 Å². The fraction of sp³-hybridized carbons (Fsp3) is 0.533. The second kappa shape index (κ2) is 9.22.